The summed E-state index contributed by atoms with van der Waals surface area (Å²) in [4.78, 5) is 41.2. The third-order valence-electron chi connectivity index (χ3n) is 9.17. The predicted molar refractivity (Wildman–Crippen MR) is 184 cm³/mol. The Bertz CT molecular complexity index is 1730. The molecular formula is C37H45N3O8. The molecule has 0 spiro atoms. The van der Waals surface area contributed by atoms with E-state index in [0.29, 0.717) is 78.8 Å². The van der Waals surface area contributed by atoms with Gasteiger partial charge in [-0.15, -0.1) is 0 Å². The molecule has 0 saturated carbocycles. The molecule has 256 valence electrons. The van der Waals surface area contributed by atoms with Crippen molar-refractivity contribution in [2.75, 3.05) is 54.0 Å². The van der Waals surface area contributed by atoms with Crippen molar-refractivity contribution in [1.82, 2.24) is 10.2 Å². The van der Waals surface area contributed by atoms with E-state index in [1.54, 1.807) is 47.7 Å². The van der Waals surface area contributed by atoms with Crippen LogP contribution in [0.25, 0.3) is 11.1 Å². The molecule has 0 unspecified atom stereocenters. The molecule has 11 heteroatoms. The van der Waals surface area contributed by atoms with Gasteiger partial charge >= 0.3 is 0 Å². The lowest BCUT2D eigenvalue weighted by Gasteiger charge is -2.26. The Kier molecular flexibility index (Phi) is 11.0. The summed E-state index contributed by atoms with van der Waals surface area (Å²) in [6.45, 7) is 2.59. The number of fused-ring (bicyclic) bond motifs is 3. The Hall–Kier alpha value is -4.93. The highest BCUT2D eigenvalue weighted by Crippen LogP contribution is 2.50. The van der Waals surface area contributed by atoms with Crippen molar-refractivity contribution in [2.45, 2.75) is 57.5 Å². The molecule has 1 aliphatic heterocycles. The Labute approximate surface area is 281 Å². The number of methoxy groups -OCH3 is 5. The van der Waals surface area contributed by atoms with E-state index in [4.69, 9.17) is 23.7 Å². The van der Waals surface area contributed by atoms with E-state index in [-0.39, 0.29) is 23.3 Å². The summed E-state index contributed by atoms with van der Waals surface area (Å²) in [5, 5.41) is 6.29. The number of carbonyl (C=O) groups excluding carboxylic acids is 2. The smallest absolute Gasteiger partial charge is 0.223 e. The standard InChI is InChI=1S/C37H45N3O8/c1-22(41)39-28-15-11-23-19-33(46-4)36(47-5)37(48-6)35(23)25-14-16-29(31(42)21-27(25)28)38-17-7-10-34(43)40-18-8-9-30(40)26-13-12-24(44-2)20-32(26)45-3/h12-14,16,19-21,28,30H,7-11,15,17-18H2,1-6H3,(H,38,42)(H,39,41)/t28-,30+/m0/s1. The summed E-state index contributed by atoms with van der Waals surface area (Å²) < 4.78 is 28.1. The fraction of sp³-hybridized carbons (Fsp3) is 0.432. The number of nitrogens with one attached hydrogen (secondary N) is 2. The number of hydrogen-bond donors (Lipinski definition) is 2. The number of likely N-dealkylation sites (tertiary alicyclic amines) is 1. The number of anilines is 1. The van der Waals surface area contributed by atoms with Crippen LogP contribution in [0.3, 0.4) is 0 Å². The van der Waals surface area contributed by atoms with Gasteiger partial charge in [0.1, 0.15) is 11.5 Å². The lowest BCUT2D eigenvalue weighted by Crippen LogP contribution is -2.31. The number of rotatable bonds is 12. The van der Waals surface area contributed by atoms with Crippen LogP contribution in [-0.2, 0) is 16.0 Å². The Morgan fingerprint density at radius 2 is 1.62 bits per heavy atom. The molecular weight excluding hydrogens is 614 g/mol. The molecule has 2 aliphatic rings. The van der Waals surface area contributed by atoms with Crippen LogP contribution >= 0.6 is 0 Å². The number of ether oxygens (including phenoxy) is 5. The summed E-state index contributed by atoms with van der Waals surface area (Å²) in [5.74, 6) is 2.77. The first-order valence-electron chi connectivity index (χ1n) is 16.3. The molecule has 3 aromatic carbocycles. The van der Waals surface area contributed by atoms with Gasteiger partial charge in [0.25, 0.3) is 0 Å². The molecule has 48 heavy (non-hydrogen) atoms. The zero-order valence-corrected chi connectivity index (χ0v) is 28.6. The molecule has 1 aliphatic carbocycles. The zero-order valence-electron chi connectivity index (χ0n) is 28.6. The van der Waals surface area contributed by atoms with Crippen molar-refractivity contribution in [2.24, 2.45) is 0 Å². The van der Waals surface area contributed by atoms with E-state index in [1.165, 1.54) is 6.92 Å². The quantitative estimate of drug-likeness (QED) is 0.245. The number of benzene rings is 2. The lowest BCUT2D eigenvalue weighted by molar-refractivity contribution is -0.132. The molecule has 2 N–H and O–H groups in total. The van der Waals surface area contributed by atoms with Gasteiger partial charge in [-0.3, -0.25) is 14.4 Å². The van der Waals surface area contributed by atoms with Crippen LogP contribution in [0.15, 0.2) is 47.3 Å². The van der Waals surface area contributed by atoms with Crippen molar-refractivity contribution in [3.63, 3.8) is 0 Å². The fourth-order valence-corrected chi connectivity index (χ4v) is 6.94. The third kappa shape index (κ3) is 7.00. The van der Waals surface area contributed by atoms with E-state index in [9.17, 15) is 14.4 Å². The van der Waals surface area contributed by atoms with Crippen LogP contribution in [0.1, 0.15) is 67.8 Å². The van der Waals surface area contributed by atoms with Gasteiger partial charge in [-0.05, 0) is 79.1 Å². The SMILES string of the molecule is COc1ccc([C@H]2CCCN2C(=O)CCCNc2ccc3c(cc2=O)[C@@H](NC(C)=O)CCc2cc(OC)c(OC)c(OC)c2-3)c(OC)c1. The van der Waals surface area contributed by atoms with Crippen LogP contribution in [0.2, 0.25) is 0 Å². The summed E-state index contributed by atoms with van der Waals surface area (Å²) in [6, 6.07) is 12.4. The van der Waals surface area contributed by atoms with Gasteiger partial charge in [0.15, 0.2) is 11.5 Å². The molecule has 1 heterocycles. The molecule has 2 atom stereocenters. The van der Waals surface area contributed by atoms with Crippen LogP contribution in [0.4, 0.5) is 5.69 Å². The van der Waals surface area contributed by atoms with Crippen LogP contribution in [0, 0.1) is 0 Å². The molecule has 3 aromatic rings. The van der Waals surface area contributed by atoms with E-state index < -0.39 is 6.04 Å². The van der Waals surface area contributed by atoms with Crippen molar-refractivity contribution < 1.29 is 33.3 Å². The molecule has 11 nitrogen and oxygen atoms in total. The number of nitrogens with zero attached hydrogens (tertiary/aromatic N) is 1. The normalized spacial score (nSPS) is 16.6. The Balaban J connectivity index is 1.37. The summed E-state index contributed by atoms with van der Waals surface area (Å²) in [5.41, 5.74) is 4.36. The van der Waals surface area contributed by atoms with E-state index in [0.717, 1.165) is 35.1 Å². The zero-order chi connectivity index (χ0) is 34.4. The maximum Gasteiger partial charge on any atom is 0.223 e. The molecule has 0 bridgehead atoms. The number of hydrogen-bond acceptors (Lipinski definition) is 9. The lowest BCUT2D eigenvalue weighted by atomic mass is 9.95. The highest BCUT2D eigenvalue weighted by atomic mass is 16.5. The van der Waals surface area contributed by atoms with Crippen LogP contribution in [-0.4, -0.2) is 65.4 Å². The molecule has 2 amide bonds. The van der Waals surface area contributed by atoms with Gasteiger partial charge in [-0.2, -0.15) is 0 Å². The maximum atomic E-state index is 13.6. The van der Waals surface area contributed by atoms with E-state index in [1.807, 2.05) is 35.2 Å². The van der Waals surface area contributed by atoms with Gasteiger partial charge in [-0.1, -0.05) is 6.07 Å². The van der Waals surface area contributed by atoms with Gasteiger partial charge in [-0.25, -0.2) is 0 Å². The largest absolute Gasteiger partial charge is 0.497 e. The number of amides is 2. The minimum Gasteiger partial charge on any atom is -0.497 e. The minimum absolute atomic E-state index is 0.0573. The predicted octanol–water partition coefficient (Wildman–Crippen LogP) is 5.44. The summed E-state index contributed by atoms with van der Waals surface area (Å²) in [6.07, 6.45) is 3.85. The van der Waals surface area contributed by atoms with E-state index >= 15 is 0 Å². The topological polar surface area (TPSA) is 125 Å². The summed E-state index contributed by atoms with van der Waals surface area (Å²) in [7, 11) is 7.94. The average molecular weight is 660 g/mol. The first-order chi connectivity index (χ1) is 23.2. The van der Waals surface area contributed by atoms with E-state index in [2.05, 4.69) is 10.6 Å². The molecule has 1 saturated heterocycles. The monoisotopic (exact) mass is 659 g/mol. The van der Waals surface area contributed by atoms with Crippen molar-refractivity contribution in [1.29, 1.82) is 0 Å². The van der Waals surface area contributed by atoms with Gasteiger partial charge in [0.2, 0.25) is 23.0 Å². The second-order valence-electron chi connectivity index (χ2n) is 12.0. The minimum atomic E-state index is -0.394. The second-order valence-corrected chi connectivity index (χ2v) is 12.0. The summed E-state index contributed by atoms with van der Waals surface area (Å²) >= 11 is 0. The molecule has 0 aromatic heterocycles. The maximum absolute atomic E-state index is 13.6. The Morgan fingerprint density at radius 1 is 0.854 bits per heavy atom. The molecule has 5 rings (SSSR count). The van der Waals surface area contributed by atoms with Crippen molar-refractivity contribution >= 4 is 17.5 Å². The van der Waals surface area contributed by atoms with Crippen molar-refractivity contribution in [3.05, 3.63) is 69.4 Å². The number of carbonyl (C=O) groups is 2. The first-order valence-corrected chi connectivity index (χ1v) is 16.3. The molecule has 0 radical (unpaired) electrons. The van der Waals surface area contributed by atoms with Crippen LogP contribution < -0.4 is 39.7 Å². The van der Waals surface area contributed by atoms with Crippen LogP contribution in [0.5, 0.6) is 28.7 Å². The van der Waals surface area contributed by atoms with Gasteiger partial charge in [0.05, 0.1) is 53.3 Å². The average Bonchev–Trinajstić information content (AvgIpc) is 3.47. The second kappa shape index (κ2) is 15.3. The number of aryl methyl sites for hydroxylation is 1. The fourth-order valence-electron chi connectivity index (χ4n) is 6.94. The molecule has 1 fully saturated rings. The Morgan fingerprint density at radius 3 is 2.31 bits per heavy atom. The highest BCUT2D eigenvalue weighted by molar-refractivity contribution is 5.84. The van der Waals surface area contributed by atoms with Crippen molar-refractivity contribution in [3.8, 4) is 39.9 Å². The first kappa shape index (κ1) is 34.4. The third-order valence-corrected chi connectivity index (χ3v) is 9.17. The highest BCUT2D eigenvalue weighted by Gasteiger charge is 2.32. The van der Waals surface area contributed by atoms with Gasteiger partial charge < -0.3 is 39.2 Å². The van der Waals surface area contributed by atoms with Gasteiger partial charge in [0, 0.05) is 43.6 Å².